The highest BCUT2D eigenvalue weighted by molar-refractivity contribution is 9.09. The summed E-state index contributed by atoms with van der Waals surface area (Å²) in [6.07, 6.45) is 0. The molecule has 1 aromatic carbocycles. The van der Waals surface area contributed by atoms with Crippen LogP contribution in [0.4, 0.5) is 11.4 Å². The van der Waals surface area contributed by atoms with Crippen molar-refractivity contribution in [2.45, 2.75) is 0 Å². The lowest BCUT2D eigenvalue weighted by Crippen LogP contribution is -2.31. The summed E-state index contributed by atoms with van der Waals surface area (Å²) < 4.78 is 0. The van der Waals surface area contributed by atoms with Gasteiger partial charge in [0.2, 0.25) is 0 Å². The zero-order valence-electron chi connectivity index (χ0n) is 8.55. The second kappa shape index (κ2) is 4.25. The number of anilines is 1. The van der Waals surface area contributed by atoms with Gasteiger partial charge in [-0.25, -0.2) is 0 Å². The molecule has 0 radical (unpaired) electrons. The molecule has 6 nitrogen and oxygen atoms in total. The molecule has 0 aliphatic carbocycles. The van der Waals surface area contributed by atoms with Crippen LogP contribution in [-0.4, -0.2) is 28.5 Å². The minimum absolute atomic E-state index is 0.102. The number of nitrogens with zero attached hydrogens (tertiary/aromatic N) is 2. The summed E-state index contributed by atoms with van der Waals surface area (Å²) in [4.78, 5) is 34.6. The van der Waals surface area contributed by atoms with Gasteiger partial charge in [-0.1, -0.05) is 15.9 Å². The number of fused-ring (bicyclic) bond motifs is 1. The van der Waals surface area contributed by atoms with Gasteiger partial charge in [-0.2, -0.15) is 0 Å². The highest BCUT2D eigenvalue weighted by Gasteiger charge is 2.36. The van der Waals surface area contributed by atoms with Gasteiger partial charge in [0, 0.05) is 24.0 Å². The number of benzene rings is 1. The molecule has 0 atom stereocenters. The third-order valence-corrected chi connectivity index (χ3v) is 2.83. The lowest BCUT2D eigenvalue weighted by Gasteiger charge is -2.13. The Bertz CT molecular complexity index is 529. The van der Waals surface area contributed by atoms with Gasteiger partial charge in [0.05, 0.1) is 16.2 Å². The summed E-state index contributed by atoms with van der Waals surface area (Å²) in [6.45, 7) is 0.357. The quantitative estimate of drug-likeness (QED) is 0.367. The number of nitro benzene ring substituents is 1. The largest absolute Gasteiger partial charge is 0.304 e. The zero-order chi connectivity index (χ0) is 12.6. The number of non-ortho nitro benzene ring substituents is 1. The van der Waals surface area contributed by atoms with Crippen LogP contribution in [0.3, 0.4) is 0 Å². The van der Waals surface area contributed by atoms with Crippen molar-refractivity contribution in [1.82, 2.24) is 0 Å². The van der Waals surface area contributed by atoms with Gasteiger partial charge in [-0.3, -0.25) is 19.7 Å². The summed E-state index contributed by atoms with van der Waals surface area (Å²) in [5.41, 5.74) is 0.348. The first-order valence-corrected chi connectivity index (χ1v) is 5.89. The van der Waals surface area contributed by atoms with Crippen LogP contribution >= 0.6 is 15.9 Å². The van der Waals surface area contributed by atoms with E-state index in [2.05, 4.69) is 15.9 Å². The van der Waals surface area contributed by atoms with Gasteiger partial charge in [-0.05, 0) is 6.07 Å². The fourth-order valence-electron chi connectivity index (χ4n) is 1.71. The molecule has 2 rings (SSSR count). The van der Waals surface area contributed by atoms with Crippen molar-refractivity contribution in [2.75, 3.05) is 16.8 Å². The predicted octanol–water partition coefficient (Wildman–Crippen LogP) is 1.52. The van der Waals surface area contributed by atoms with Crippen molar-refractivity contribution in [3.63, 3.8) is 0 Å². The number of hydrogen-bond donors (Lipinski definition) is 0. The van der Waals surface area contributed by atoms with Gasteiger partial charge >= 0.3 is 0 Å². The molecule has 0 bridgehead atoms. The minimum Gasteiger partial charge on any atom is -0.304 e. The summed E-state index contributed by atoms with van der Waals surface area (Å²) in [5.74, 6) is -1.33. The highest BCUT2D eigenvalue weighted by Crippen LogP contribution is 2.31. The lowest BCUT2D eigenvalue weighted by atomic mass is 10.1. The number of Topliss-reactive ketones (excluding diaryl/α,β-unsaturated/α-hetero) is 1. The fraction of sp³-hybridized carbons (Fsp3) is 0.200. The van der Waals surface area contributed by atoms with E-state index >= 15 is 0 Å². The number of carbonyl (C=O) groups is 2. The SMILES string of the molecule is O=C1C(=O)N(CCBr)c2ccc([N+](=O)[O-])cc21. The van der Waals surface area contributed by atoms with Crippen LogP contribution < -0.4 is 4.90 Å². The maximum atomic E-state index is 11.6. The Labute approximate surface area is 104 Å². The Morgan fingerprint density at radius 2 is 2.06 bits per heavy atom. The molecule has 7 heteroatoms. The van der Waals surface area contributed by atoms with E-state index < -0.39 is 16.6 Å². The topological polar surface area (TPSA) is 80.5 Å². The number of nitro groups is 1. The number of halogens is 1. The van der Waals surface area contributed by atoms with Crippen LogP contribution in [-0.2, 0) is 4.79 Å². The molecule has 0 saturated heterocycles. The van der Waals surface area contributed by atoms with Crippen molar-refractivity contribution in [3.05, 3.63) is 33.9 Å². The predicted molar refractivity (Wildman–Crippen MR) is 63.6 cm³/mol. The first-order valence-electron chi connectivity index (χ1n) is 4.77. The molecule has 1 aliphatic rings. The van der Waals surface area contributed by atoms with Crippen LogP contribution in [0.1, 0.15) is 10.4 Å². The summed E-state index contributed by atoms with van der Waals surface area (Å²) >= 11 is 3.18. The first-order chi connectivity index (χ1) is 8.06. The molecule has 1 aliphatic heterocycles. The first kappa shape index (κ1) is 11.7. The van der Waals surface area contributed by atoms with E-state index in [1.807, 2.05) is 0 Å². The second-order valence-corrected chi connectivity index (χ2v) is 4.23. The van der Waals surface area contributed by atoms with Gasteiger partial charge < -0.3 is 4.90 Å². The normalized spacial score (nSPS) is 14.1. The number of amides is 1. The molecular formula is C10H7BrN2O4. The Hall–Kier alpha value is -1.76. The second-order valence-electron chi connectivity index (χ2n) is 3.43. The maximum absolute atomic E-state index is 11.6. The molecule has 0 saturated carbocycles. The Balaban J connectivity index is 2.51. The lowest BCUT2D eigenvalue weighted by molar-refractivity contribution is -0.384. The summed E-state index contributed by atoms with van der Waals surface area (Å²) in [7, 11) is 0. The third kappa shape index (κ3) is 1.82. The van der Waals surface area contributed by atoms with Crippen LogP contribution in [0.2, 0.25) is 0 Å². The third-order valence-electron chi connectivity index (χ3n) is 2.47. The standard InChI is InChI=1S/C10H7BrN2O4/c11-3-4-12-8-2-1-6(13(16)17)5-7(8)9(14)10(12)15/h1-2,5H,3-4H2. The van der Waals surface area contributed by atoms with Crippen LogP contribution in [0.15, 0.2) is 18.2 Å². The number of ketones is 1. The molecule has 0 fully saturated rings. The van der Waals surface area contributed by atoms with E-state index in [1.54, 1.807) is 0 Å². The highest BCUT2D eigenvalue weighted by atomic mass is 79.9. The summed E-state index contributed by atoms with van der Waals surface area (Å²) in [5, 5.41) is 11.1. The molecule has 0 aromatic heterocycles. The monoisotopic (exact) mass is 298 g/mol. The molecule has 1 aromatic rings. The number of alkyl halides is 1. The fourth-order valence-corrected chi connectivity index (χ4v) is 2.06. The zero-order valence-corrected chi connectivity index (χ0v) is 10.1. The number of carbonyl (C=O) groups excluding carboxylic acids is 2. The van der Waals surface area contributed by atoms with E-state index in [4.69, 9.17) is 0 Å². The maximum Gasteiger partial charge on any atom is 0.299 e. The van der Waals surface area contributed by atoms with Crippen molar-refractivity contribution < 1.29 is 14.5 Å². The van der Waals surface area contributed by atoms with Crippen molar-refractivity contribution in [3.8, 4) is 0 Å². The van der Waals surface area contributed by atoms with Crippen molar-refractivity contribution in [2.24, 2.45) is 0 Å². The van der Waals surface area contributed by atoms with E-state index in [9.17, 15) is 19.7 Å². The van der Waals surface area contributed by atoms with Crippen molar-refractivity contribution in [1.29, 1.82) is 0 Å². The van der Waals surface area contributed by atoms with E-state index in [-0.39, 0.29) is 11.3 Å². The Kier molecular flexibility index (Phi) is 2.93. The molecule has 0 unspecified atom stereocenters. The smallest absolute Gasteiger partial charge is 0.299 e. The van der Waals surface area contributed by atoms with Crippen LogP contribution in [0.5, 0.6) is 0 Å². The van der Waals surface area contributed by atoms with Crippen LogP contribution in [0, 0.1) is 10.1 Å². The molecule has 1 heterocycles. The van der Waals surface area contributed by atoms with E-state index in [0.717, 1.165) is 6.07 Å². The molecule has 0 spiro atoms. The van der Waals surface area contributed by atoms with E-state index in [0.29, 0.717) is 17.6 Å². The van der Waals surface area contributed by atoms with E-state index in [1.165, 1.54) is 17.0 Å². The average molecular weight is 299 g/mol. The van der Waals surface area contributed by atoms with Gasteiger partial charge in [0.15, 0.2) is 0 Å². The number of rotatable bonds is 3. The minimum atomic E-state index is -0.690. The van der Waals surface area contributed by atoms with Crippen molar-refractivity contribution >= 4 is 39.0 Å². The van der Waals surface area contributed by atoms with Gasteiger partial charge in [0.25, 0.3) is 17.4 Å². The average Bonchev–Trinajstić information content (AvgIpc) is 2.54. The Morgan fingerprint density at radius 1 is 1.35 bits per heavy atom. The molecule has 17 heavy (non-hydrogen) atoms. The van der Waals surface area contributed by atoms with Gasteiger partial charge in [0.1, 0.15) is 0 Å². The number of hydrogen-bond acceptors (Lipinski definition) is 4. The summed E-state index contributed by atoms with van der Waals surface area (Å²) in [6, 6.07) is 3.86. The van der Waals surface area contributed by atoms with Crippen LogP contribution in [0.25, 0.3) is 0 Å². The molecule has 88 valence electrons. The Morgan fingerprint density at radius 3 is 2.65 bits per heavy atom. The molecule has 1 amide bonds. The molecular weight excluding hydrogens is 292 g/mol. The van der Waals surface area contributed by atoms with Gasteiger partial charge in [-0.15, -0.1) is 0 Å². The molecule has 0 N–H and O–H groups in total.